The van der Waals surface area contributed by atoms with Crippen LogP contribution in [0.25, 0.3) is 0 Å². The molecule has 5 nitrogen and oxygen atoms in total. The molecule has 0 unspecified atom stereocenters. The van der Waals surface area contributed by atoms with Crippen molar-refractivity contribution in [2.45, 2.75) is 71.1 Å². The van der Waals surface area contributed by atoms with Gasteiger partial charge in [-0.3, -0.25) is 9.59 Å². The third-order valence-corrected chi connectivity index (χ3v) is 7.90. The third kappa shape index (κ3) is 9.25. The van der Waals surface area contributed by atoms with Crippen LogP contribution < -0.4 is 15.5 Å². The fourth-order valence-electron chi connectivity index (χ4n) is 5.57. The quantitative estimate of drug-likeness (QED) is 0.210. The van der Waals surface area contributed by atoms with Crippen LogP contribution in [0.3, 0.4) is 0 Å². The molecule has 212 valence electrons. The number of rotatable bonds is 14. The molecule has 2 amide bonds. The van der Waals surface area contributed by atoms with Crippen molar-refractivity contribution in [2.24, 2.45) is 5.92 Å². The second-order valence-corrected chi connectivity index (χ2v) is 11.1. The van der Waals surface area contributed by atoms with Gasteiger partial charge in [0.25, 0.3) is 5.91 Å². The molecule has 5 heteroatoms. The lowest BCUT2D eigenvalue weighted by molar-refractivity contribution is -0.116. The van der Waals surface area contributed by atoms with E-state index in [4.69, 9.17) is 0 Å². The molecule has 40 heavy (non-hydrogen) atoms. The Bertz CT molecular complexity index is 1190. The zero-order chi connectivity index (χ0) is 28.0. The van der Waals surface area contributed by atoms with Crippen LogP contribution in [0, 0.1) is 5.92 Å². The van der Waals surface area contributed by atoms with Crippen LogP contribution in [-0.2, 0) is 17.6 Å². The Hall–Kier alpha value is -3.60. The van der Waals surface area contributed by atoms with Gasteiger partial charge in [-0.2, -0.15) is 0 Å². The molecular weight excluding hydrogens is 494 g/mol. The number of hydrogen-bond donors (Lipinski definition) is 2. The molecule has 0 spiro atoms. The van der Waals surface area contributed by atoms with Crippen LogP contribution in [0.15, 0.2) is 78.9 Å². The maximum atomic E-state index is 13.5. The van der Waals surface area contributed by atoms with E-state index in [0.29, 0.717) is 30.1 Å². The van der Waals surface area contributed by atoms with Gasteiger partial charge in [-0.15, -0.1) is 0 Å². The van der Waals surface area contributed by atoms with Crippen molar-refractivity contribution >= 4 is 23.2 Å². The number of amides is 2. The number of benzene rings is 3. The molecule has 0 radical (unpaired) electrons. The van der Waals surface area contributed by atoms with Gasteiger partial charge < -0.3 is 15.5 Å². The second-order valence-electron chi connectivity index (χ2n) is 11.1. The highest BCUT2D eigenvalue weighted by atomic mass is 16.2. The van der Waals surface area contributed by atoms with Gasteiger partial charge in [-0.25, -0.2) is 0 Å². The van der Waals surface area contributed by atoms with Gasteiger partial charge in [0.2, 0.25) is 5.91 Å². The maximum Gasteiger partial charge on any atom is 0.253 e. The second kappa shape index (κ2) is 15.9. The van der Waals surface area contributed by atoms with Crippen LogP contribution in [0.5, 0.6) is 0 Å². The van der Waals surface area contributed by atoms with Gasteiger partial charge in [0.15, 0.2) is 0 Å². The minimum absolute atomic E-state index is 0.0152. The summed E-state index contributed by atoms with van der Waals surface area (Å²) in [5.74, 6) is 0.576. The van der Waals surface area contributed by atoms with E-state index in [0.717, 1.165) is 57.3 Å². The first kappa shape index (κ1) is 29.4. The molecule has 1 aliphatic heterocycles. The highest BCUT2D eigenvalue weighted by Gasteiger charge is 2.24. The summed E-state index contributed by atoms with van der Waals surface area (Å²) >= 11 is 0. The number of nitrogens with one attached hydrogen (secondary N) is 2. The average Bonchev–Trinajstić information content (AvgIpc) is 2.98. The molecule has 0 aromatic heterocycles. The first-order chi connectivity index (χ1) is 19.6. The first-order valence-electron chi connectivity index (χ1n) is 15.2. The molecule has 0 aliphatic carbocycles. The van der Waals surface area contributed by atoms with E-state index in [1.165, 1.54) is 30.4 Å². The van der Waals surface area contributed by atoms with Crippen LogP contribution in [0.4, 0.5) is 11.4 Å². The molecule has 0 bridgehead atoms. The molecule has 0 saturated carbocycles. The SMILES string of the molecule is CCCCCCCC(=O)Nc1ccc(N2CCC(Cc3ccccc3)CC2)c(C(=O)NCCc2ccccc2)c1. The Balaban J connectivity index is 1.40. The third-order valence-electron chi connectivity index (χ3n) is 7.90. The van der Waals surface area contributed by atoms with Crippen molar-refractivity contribution in [3.8, 4) is 0 Å². The summed E-state index contributed by atoms with van der Waals surface area (Å²) < 4.78 is 0. The standard InChI is InChI=1S/C35H45N3O2/c1-2-3-4-5-12-17-34(39)37-31-18-19-33(32(27-31)35(40)36-23-20-28-13-8-6-9-14-28)38-24-21-30(22-25-38)26-29-15-10-7-11-16-29/h6-11,13-16,18-19,27,30H,2-5,12,17,20-26H2,1H3,(H,36,40)(H,37,39). The van der Waals surface area contributed by atoms with Gasteiger partial charge in [-0.05, 0) is 67.3 Å². The van der Waals surface area contributed by atoms with E-state index < -0.39 is 0 Å². The van der Waals surface area contributed by atoms with Gasteiger partial charge in [0, 0.05) is 37.4 Å². The molecule has 1 aliphatic rings. The molecule has 3 aromatic rings. The van der Waals surface area contributed by atoms with Crippen molar-refractivity contribution in [2.75, 3.05) is 29.9 Å². The van der Waals surface area contributed by atoms with Gasteiger partial charge >= 0.3 is 0 Å². The van der Waals surface area contributed by atoms with E-state index in [-0.39, 0.29) is 11.8 Å². The number of piperidine rings is 1. The average molecular weight is 540 g/mol. The lowest BCUT2D eigenvalue weighted by atomic mass is 9.89. The normalized spacial score (nSPS) is 13.7. The number of carbonyl (C=O) groups excluding carboxylic acids is 2. The van der Waals surface area contributed by atoms with E-state index >= 15 is 0 Å². The molecule has 0 atom stereocenters. The summed E-state index contributed by atoms with van der Waals surface area (Å²) in [4.78, 5) is 28.4. The van der Waals surface area contributed by atoms with Crippen LogP contribution in [0.1, 0.15) is 79.8 Å². The van der Waals surface area contributed by atoms with Crippen LogP contribution >= 0.6 is 0 Å². The number of hydrogen-bond acceptors (Lipinski definition) is 3. The summed E-state index contributed by atoms with van der Waals surface area (Å²) in [6.45, 7) is 4.60. The molecular formula is C35H45N3O2. The molecule has 4 rings (SSSR count). The van der Waals surface area contributed by atoms with E-state index in [1.54, 1.807) is 0 Å². The van der Waals surface area contributed by atoms with E-state index in [9.17, 15) is 9.59 Å². The van der Waals surface area contributed by atoms with E-state index in [1.807, 2.05) is 36.4 Å². The summed E-state index contributed by atoms with van der Waals surface area (Å²) in [5, 5.41) is 6.16. The fourth-order valence-corrected chi connectivity index (χ4v) is 5.57. The predicted molar refractivity (Wildman–Crippen MR) is 166 cm³/mol. The Morgan fingerprint density at radius 2 is 1.50 bits per heavy atom. The Morgan fingerprint density at radius 3 is 2.20 bits per heavy atom. The minimum atomic E-state index is -0.0898. The number of carbonyl (C=O) groups is 2. The molecule has 1 saturated heterocycles. The smallest absolute Gasteiger partial charge is 0.253 e. The largest absolute Gasteiger partial charge is 0.371 e. The van der Waals surface area contributed by atoms with Gasteiger partial charge in [0.1, 0.15) is 0 Å². The Kier molecular flexibility index (Phi) is 11.6. The molecule has 2 N–H and O–H groups in total. The molecule has 1 heterocycles. The monoisotopic (exact) mass is 539 g/mol. The zero-order valence-corrected chi connectivity index (χ0v) is 24.0. The number of anilines is 2. The fraction of sp³-hybridized carbons (Fsp3) is 0.429. The highest BCUT2D eigenvalue weighted by Crippen LogP contribution is 2.30. The number of unbranched alkanes of at least 4 members (excludes halogenated alkanes) is 4. The summed E-state index contributed by atoms with van der Waals surface area (Å²) in [5.41, 5.74) is 4.87. The summed E-state index contributed by atoms with van der Waals surface area (Å²) in [6, 6.07) is 26.7. The first-order valence-corrected chi connectivity index (χ1v) is 15.2. The lowest BCUT2D eigenvalue weighted by Crippen LogP contribution is -2.36. The topological polar surface area (TPSA) is 61.4 Å². The summed E-state index contributed by atoms with van der Waals surface area (Å²) in [6.07, 6.45) is 10.2. The van der Waals surface area contributed by atoms with E-state index in [2.05, 4.69) is 64.9 Å². The van der Waals surface area contributed by atoms with Crippen molar-refractivity contribution in [1.29, 1.82) is 0 Å². The minimum Gasteiger partial charge on any atom is -0.371 e. The lowest BCUT2D eigenvalue weighted by Gasteiger charge is -2.35. The highest BCUT2D eigenvalue weighted by molar-refractivity contribution is 6.02. The van der Waals surface area contributed by atoms with Crippen LogP contribution in [-0.4, -0.2) is 31.4 Å². The summed E-state index contributed by atoms with van der Waals surface area (Å²) in [7, 11) is 0. The Labute approximate surface area is 240 Å². The molecule has 1 fully saturated rings. The zero-order valence-electron chi connectivity index (χ0n) is 24.0. The van der Waals surface area contributed by atoms with Crippen molar-refractivity contribution in [1.82, 2.24) is 5.32 Å². The Morgan fingerprint density at radius 1 is 0.825 bits per heavy atom. The van der Waals surface area contributed by atoms with Crippen molar-refractivity contribution in [3.63, 3.8) is 0 Å². The number of nitrogens with zero attached hydrogens (tertiary/aromatic N) is 1. The maximum absolute atomic E-state index is 13.5. The van der Waals surface area contributed by atoms with Crippen LogP contribution in [0.2, 0.25) is 0 Å². The van der Waals surface area contributed by atoms with Gasteiger partial charge in [-0.1, -0.05) is 93.3 Å². The predicted octanol–water partition coefficient (Wildman–Crippen LogP) is 7.42. The van der Waals surface area contributed by atoms with Crippen molar-refractivity contribution in [3.05, 3.63) is 95.6 Å². The molecule has 3 aromatic carbocycles. The van der Waals surface area contributed by atoms with Crippen molar-refractivity contribution < 1.29 is 9.59 Å². The van der Waals surface area contributed by atoms with Gasteiger partial charge in [0.05, 0.1) is 5.56 Å².